The maximum atomic E-state index is 5.07. The molecule has 0 saturated heterocycles. The van der Waals surface area contributed by atoms with Crippen LogP contribution in [-0.4, -0.2) is 15.8 Å². The lowest BCUT2D eigenvalue weighted by Gasteiger charge is -1.98. The molecule has 0 aliphatic heterocycles. The van der Waals surface area contributed by atoms with Crippen LogP contribution in [0.15, 0.2) is 11.4 Å². The van der Waals surface area contributed by atoms with Gasteiger partial charge in [-0.15, -0.1) is 11.8 Å². The quantitative estimate of drug-likeness (QED) is 0.407. The van der Waals surface area contributed by atoms with Gasteiger partial charge in [-0.2, -0.15) is 0 Å². The number of rotatable bonds is 2. The number of hydrogen-bond donors (Lipinski definition) is 1. The zero-order chi connectivity index (χ0) is 8.27. The van der Waals surface area contributed by atoms with Crippen molar-refractivity contribution in [2.45, 2.75) is 5.03 Å². The molecule has 0 bridgehead atoms. The van der Waals surface area contributed by atoms with Gasteiger partial charge in [0, 0.05) is 13.1 Å². The Hall–Kier alpha value is -1.08. The number of anilines is 1. The molecule has 1 aromatic rings. The van der Waals surface area contributed by atoms with Crippen molar-refractivity contribution in [1.82, 2.24) is 9.55 Å². The highest BCUT2D eigenvalue weighted by Gasteiger charge is 2.04. The molecule has 0 spiro atoms. The number of thioether (sulfide) groups is 1. The first-order chi connectivity index (χ1) is 5.29. The van der Waals surface area contributed by atoms with E-state index in [0.29, 0.717) is 0 Å². The van der Waals surface area contributed by atoms with Gasteiger partial charge in [-0.05, 0) is 6.26 Å². The molecule has 0 saturated carbocycles. The highest BCUT2D eigenvalue weighted by Crippen LogP contribution is 2.22. The van der Waals surface area contributed by atoms with Crippen molar-refractivity contribution < 1.29 is 0 Å². The lowest BCUT2D eigenvalue weighted by atomic mass is 10.7. The van der Waals surface area contributed by atoms with E-state index in [0.717, 1.165) is 10.8 Å². The monoisotopic (exact) mass is 167 g/mol. The first-order valence-corrected chi connectivity index (χ1v) is 4.29. The topological polar surface area (TPSA) is 29.9 Å². The summed E-state index contributed by atoms with van der Waals surface area (Å²) in [4.78, 5) is 4.06. The van der Waals surface area contributed by atoms with Crippen molar-refractivity contribution in [3.63, 3.8) is 0 Å². The second-order valence-corrected chi connectivity index (χ2v) is 2.78. The molecule has 1 aromatic heterocycles. The summed E-state index contributed by atoms with van der Waals surface area (Å²) in [5.74, 6) is 0.752. The summed E-state index contributed by atoms with van der Waals surface area (Å²) in [5.41, 5.74) is 0. The molecular weight excluding hydrogens is 158 g/mol. The van der Waals surface area contributed by atoms with Gasteiger partial charge in [-0.3, -0.25) is 5.32 Å². The Balaban J connectivity index is 2.97. The summed E-state index contributed by atoms with van der Waals surface area (Å²) in [7, 11) is 1.93. The molecule has 58 valence electrons. The second kappa shape index (κ2) is 3.35. The van der Waals surface area contributed by atoms with Crippen LogP contribution in [0, 0.1) is 12.5 Å². The van der Waals surface area contributed by atoms with Gasteiger partial charge in [0.05, 0.1) is 6.33 Å². The zero-order valence-corrected chi connectivity index (χ0v) is 7.27. The number of nitrogens with zero attached hydrogens (tertiary/aromatic N) is 2. The summed E-state index contributed by atoms with van der Waals surface area (Å²) in [6, 6.07) is 2.33. The molecule has 0 amide bonds. The van der Waals surface area contributed by atoms with Gasteiger partial charge < -0.3 is 4.57 Å². The van der Waals surface area contributed by atoms with Gasteiger partial charge in [0.2, 0.25) is 0 Å². The molecule has 0 radical (unpaired) electrons. The van der Waals surface area contributed by atoms with Gasteiger partial charge in [0.25, 0.3) is 0 Å². The fourth-order valence-electron chi connectivity index (χ4n) is 0.814. The molecule has 4 heteroatoms. The van der Waals surface area contributed by atoms with E-state index in [1.165, 1.54) is 0 Å². The van der Waals surface area contributed by atoms with Crippen LogP contribution in [0.3, 0.4) is 0 Å². The number of imidazole rings is 1. The minimum atomic E-state index is 0.752. The second-order valence-electron chi connectivity index (χ2n) is 1.98. The van der Waals surface area contributed by atoms with Crippen molar-refractivity contribution in [3.05, 3.63) is 6.33 Å². The Labute approximate surface area is 70.2 Å². The molecule has 11 heavy (non-hydrogen) atoms. The molecule has 0 aromatic carbocycles. The van der Waals surface area contributed by atoms with Gasteiger partial charge in [-0.1, -0.05) is 6.42 Å². The number of aryl methyl sites for hydroxylation is 1. The molecule has 0 aliphatic carbocycles. The van der Waals surface area contributed by atoms with E-state index in [4.69, 9.17) is 6.42 Å². The third-order valence-corrected chi connectivity index (χ3v) is 2.13. The number of nitrogens with one attached hydrogen (secondary N) is 1. The van der Waals surface area contributed by atoms with Crippen molar-refractivity contribution in [3.8, 4) is 12.5 Å². The lowest BCUT2D eigenvalue weighted by molar-refractivity contribution is 0.827. The first-order valence-electron chi connectivity index (χ1n) is 3.06. The number of aromatic nitrogens is 2. The summed E-state index contributed by atoms with van der Waals surface area (Å²) < 4.78 is 1.92. The van der Waals surface area contributed by atoms with Gasteiger partial charge in [0.1, 0.15) is 5.03 Å². The molecular formula is C7H9N3S. The summed E-state index contributed by atoms with van der Waals surface area (Å²) in [5, 5.41) is 3.77. The van der Waals surface area contributed by atoms with Crippen LogP contribution in [-0.2, 0) is 7.05 Å². The average Bonchev–Trinajstić information content (AvgIpc) is 2.33. The van der Waals surface area contributed by atoms with E-state index in [1.54, 1.807) is 18.1 Å². The van der Waals surface area contributed by atoms with Crippen molar-refractivity contribution in [2.75, 3.05) is 11.6 Å². The molecule has 0 aliphatic rings. The zero-order valence-electron chi connectivity index (χ0n) is 6.46. The van der Waals surface area contributed by atoms with Crippen LogP contribution in [0.5, 0.6) is 0 Å². The molecule has 1 heterocycles. The van der Waals surface area contributed by atoms with E-state index >= 15 is 0 Å². The van der Waals surface area contributed by atoms with Crippen molar-refractivity contribution in [1.29, 1.82) is 0 Å². The van der Waals surface area contributed by atoms with Crippen molar-refractivity contribution in [2.24, 2.45) is 7.05 Å². The molecule has 1 rings (SSSR count). The Morgan fingerprint density at radius 2 is 2.55 bits per heavy atom. The molecule has 0 atom stereocenters. The summed E-state index contributed by atoms with van der Waals surface area (Å²) in [6.45, 7) is 0. The standard InChI is InChI=1S/C7H9N3S/c1-4-8-6-7(11-3)10(2)5-9-6/h1,5,8H,2-3H3. The van der Waals surface area contributed by atoms with Gasteiger partial charge in [-0.25, -0.2) is 4.98 Å². The smallest absolute Gasteiger partial charge is 0.169 e. The van der Waals surface area contributed by atoms with Gasteiger partial charge >= 0.3 is 0 Å². The predicted octanol–water partition coefficient (Wildman–Crippen LogP) is 1.14. The molecule has 1 N–H and O–H groups in total. The largest absolute Gasteiger partial charge is 0.327 e. The van der Waals surface area contributed by atoms with E-state index < -0.39 is 0 Å². The van der Waals surface area contributed by atoms with Crippen LogP contribution >= 0.6 is 11.8 Å². The maximum Gasteiger partial charge on any atom is 0.169 e. The highest BCUT2D eigenvalue weighted by molar-refractivity contribution is 7.98. The predicted molar refractivity (Wildman–Crippen MR) is 47.4 cm³/mol. The minimum Gasteiger partial charge on any atom is -0.327 e. The fraction of sp³-hybridized carbons (Fsp3) is 0.286. The molecule has 0 fully saturated rings. The van der Waals surface area contributed by atoms with Crippen LogP contribution in [0.1, 0.15) is 0 Å². The maximum absolute atomic E-state index is 5.07. The average molecular weight is 167 g/mol. The first kappa shape index (κ1) is 8.02. The van der Waals surface area contributed by atoms with E-state index in [2.05, 4.69) is 16.3 Å². The number of terminal acetylenes is 1. The van der Waals surface area contributed by atoms with E-state index in [-0.39, 0.29) is 0 Å². The van der Waals surface area contributed by atoms with E-state index in [1.807, 2.05) is 17.9 Å². The van der Waals surface area contributed by atoms with Crippen LogP contribution in [0.25, 0.3) is 0 Å². The van der Waals surface area contributed by atoms with Crippen LogP contribution < -0.4 is 5.32 Å². The Bertz CT molecular complexity index is 284. The third kappa shape index (κ3) is 1.49. The molecule has 0 unspecified atom stereocenters. The SMILES string of the molecule is C#CNc1ncn(C)c1SC. The normalized spacial score (nSPS) is 9.18. The van der Waals surface area contributed by atoms with Crippen LogP contribution in [0.4, 0.5) is 5.82 Å². The minimum absolute atomic E-state index is 0.752. The lowest BCUT2D eigenvalue weighted by Crippen LogP contribution is -1.91. The summed E-state index contributed by atoms with van der Waals surface area (Å²) in [6.07, 6.45) is 8.79. The van der Waals surface area contributed by atoms with Gasteiger partial charge in [0.15, 0.2) is 5.82 Å². The Morgan fingerprint density at radius 1 is 1.82 bits per heavy atom. The molecule has 3 nitrogen and oxygen atoms in total. The Morgan fingerprint density at radius 3 is 3.09 bits per heavy atom. The summed E-state index contributed by atoms with van der Waals surface area (Å²) >= 11 is 1.61. The van der Waals surface area contributed by atoms with Crippen molar-refractivity contribution >= 4 is 17.6 Å². The Kier molecular flexibility index (Phi) is 2.44. The fourth-order valence-corrected chi connectivity index (χ4v) is 1.45. The number of hydrogen-bond acceptors (Lipinski definition) is 3. The highest BCUT2D eigenvalue weighted by atomic mass is 32.2. The van der Waals surface area contributed by atoms with Crippen LogP contribution in [0.2, 0.25) is 0 Å². The third-order valence-electron chi connectivity index (χ3n) is 1.27. The van der Waals surface area contributed by atoms with E-state index in [9.17, 15) is 0 Å².